The molecule has 1 aliphatic rings. The van der Waals surface area contributed by atoms with Crippen LogP contribution in [0.5, 0.6) is 5.88 Å². The van der Waals surface area contributed by atoms with Gasteiger partial charge in [0.2, 0.25) is 5.88 Å². The van der Waals surface area contributed by atoms with Gasteiger partial charge in [-0.25, -0.2) is 9.67 Å². The van der Waals surface area contributed by atoms with Gasteiger partial charge < -0.3 is 15.0 Å². The standard InChI is InChI=1S/C22H16F3N5O3/c23-22(24,25)19-16(21(32)29-12-6-8-26-18(10-12)33-13-4-5-13)11-28-30(19)17-3-1-2-15-14(17)7-9-27-20(15)31/h1-3,6-11,13H,4-5H2,(H,27,31)(H,26,29,32). The molecule has 0 saturated heterocycles. The molecule has 3 heterocycles. The molecule has 0 atom stereocenters. The zero-order valence-electron chi connectivity index (χ0n) is 16.9. The molecule has 1 aliphatic carbocycles. The monoisotopic (exact) mass is 455 g/mol. The number of anilines is 1. The minimum atomic E-state index is -4.90. The molecule has 0 aliphatic heterocycles. The second-order valence-corrected chi connectivity index (χ2v) is 7.52. The van der Waals surface area contributed by atoms with Crippen LogP contribution in [0.3, 0.4) is 0 Å². The first kappa shape index (κ1) is 20.7. The van der Waals surface area contributed by atoms with Gasteiger partial charge in [-0.1, -0.05) is 6.07 Å². The molecule has 0 spiro atoms. The topological polar surface area (TPSA) is 102 Å². The molecule has 0 radical (unpaired) electrons. The number of aromatic nitrogens is 4. The lowest BCUT2D eigenvalue weighted by atomic mass is 10.1. The molecule has 1 fully saturated rings. The highest BCUT2D eigenvalue weighted by Crippen LogP contribution is 2.35. The van der Waals surface area contributed by atoms with Gasteiger partial charge in [0.15, 0.2) is 5.69 Å². The number of nitrogens with one attached hydrogen (secondary N) is 2. The van der Waals surface area contributed by atoms with Crippen molar-refractivity contribution < 1.29 is 22.7 Å². The predicted molar refractivity (Wildman–Crippen MR) is 113 cm³/mol. The normalized spacial score (nSPS) is 13.8. The van der Waals surface area contributed by atoms with Crippen molar-refractivity contribution in [3.05, 3.63) is 76.6 Å². The Kier molecular flexibility index (Phi) is 4.88. The quantitative estimate of drug-likeness (QED) is 0.475. The average Bonchev–Trinajstić information content (AvgIpc) is 3.46. The Morgan fingerprint density at radius 2 is 2.00 bits per heavy atom. The molecule has 5 rings (SSSR count). The summed E-state index contributed by atoms with van der Waals surface area (Å²) < 4.78 is 48.4. The summed E-state index contributed by atoms with van der Waals surface area (Å²) >= 11 is 0. The van der Waals surface area contributed by atoms with Gasteiger partial charge in [-0.05, 0) is 37.1 Å². The van der Waals surface area contributed by atoms with E-state index in [9.17, 15) is 22.8 Å². The molecule has 0 bridgehead atoms. The van der Waals surface area contributed by atoms with Crippen LogP contribution in [0.4, 0.5) is 18.9 Å². The highest BCUT2D eigenvalue weighted by molar-refractivity contribution is 6.05. The number of halogens is 3. The third kappa shape index (κ3) is 4.04. The van der Waals surface area contributed by atoms with Crippen molar-refractivity contribution in [2.24, 2.45) is 0 Å². The SMILES string of the molecule is O=C(Nc1ccnc(OC2CC2)c1)c1cnn(-c2cccc3c(=O)[nH]ccc23)c1C(F)(F)F. The van der Waals surface area contributed by atoms with Gasteiger partial charge in [0.25, 0.3) is 11.5 Å². The number of benzene rings is 1. The number of H-pyrrole nitrogens is 1. The number of hydrogen-bond acceptors (Lipinski definition) is 5. The summed E-state index contributed by atoms with van der Waals surface area (Å²) in [6.07, 6.45) is 0.585. The number of ether oxygens (including phenoxy) is 1. The summed E-state index contributed by atoms with van der Waals surface area (Å²) in [6.45, 7) is 0. The third-order valence-corrected chi connectivity index (χ3v) is 5.11. The first-order valence-corrected chi connectivity index (χ1v) is 10.0. The average molecular weight is 455 g/mol. The molecular formula is C22H16F3N5O3. The summed E-state index contributed by atoms with van der Waals surface area (Å²) in [5.74, 6) is -0.710. The highest BCUT2D eigenvalue weighted by Gasteiger charge is 2.41. The van der Waals surface area contributed by atoms with E-state index in [0.29, 0.717) is 4.68 Å². The lowest BCUT2D eigenvalue weighted by Gasteiger charge is -2.14. The van der Waals surface area contributed by atoms with Gasteiger partial charge in [-0.3, -0.25) is 9.59 Å². The largest absolute Gasteiger partial charge is 0.474 e. The van der Waals surface area contributed by atoms with Gasteiger partial charge in [0, 0.05) is 34.9 Å². The van der Waals surface area contributed by atoms with Gasteiger partial charge in [0.1, 0.15) is 6.10 Å². The van der Waals surface area contributed by atoms with Crippen LogP contribution in [-0.4, -0.2) is 31.8 Å². The molecule has 1 saturated carbocycles. The lowest BCUT2D eigenvalue weighted by molar-refractivity contribution is -0.143. The van der Waals surface area contributed by atoms with E-state index in [-0.39, 0.29) is 34.1 Å². The minimum absolute atomic E-state index is 0.0222. The summed E-state index contributed by atoms with van der Waals surface area (Å²) in [6, 6.07) is 8.72. The number of carbonyl (C=O) groups is 1. The summed E-state index contributed by atoms with van der Waals surface area (Å²) in [4.78, 5) is 31.4. The second kappa shape index (κ2) is 7.76. The predicted octanol–water partition coefficient (Wildman–Crippen LogP) is 3.92. The molecule has 1 amide bonds. The molecule has 168 valence electrons. The first-order valence-electron chi connectivity index (χ1n) is 10.0. The van der Waals surface area contributed by atoms with Crippen molar-refractivity contribution in [3.8, 4) is 11.6 Å². The fraction of sp³-hybridized carbons (Fsp3) is 0.182. The molecule has 1 aromatic carbocycles. The maximum absolute atomic E-state index is 14.1. The van der Waals surface area contributed by atoms with Gasteiger partial charge in [-0.2, -0.15) is 18.3 Å². The second-order valence-electron chi connectivity index (χ2n) is 7.52. The van der Waals surface area contributed by atoms with Crippen LogP contribution in [-0.2, 0) is 6.18 Å². The van der Waals surface area contributed by atoms with Crippen LogP contribution < -0.4 is 15.6 Å². The molecule has 11 heteroatoms. The van der Waals surface area contributed by atoms with E-state index in [2.05, 4.69) is 20.4 Å². The van der Waals surface area contributed by atoms with Gasteiger partial charge in [-0.15, -0.1) is 0 Å². The van der Waals surface area contributed by atoms with Crippen LogP contribution in [0, 0.1) is 0 Å². The number of fused-ring (bicyclic) bond motifs is 1. The van der Waals surface area contributed by atoms with Crippen LogP contribution in [0.25, 0.3) is 16.5 Å². The minimum Gasteiger partial charge on any atom is -0.474 e. The lowest BCUT2D eigenvalue weighted by Crippen LogP contribution is -2.21. The Bertz CT molecular complexity index is 1420. The Hall–Kier alpha value is -4.15. The van der Waals surface area contributed by atoms with Crippen molar-refractivity contribution in [2.45, 2.75) is 25.1 Å². The number of alkyl halides is 3. The van der Waals surface area contributed by atoms with Crippen molar-refractivity contribution in [2.75, 3.05) is 5.32 Å². The number of rotatable bonds is 5. The van der Waals surface area contributed by atoms with E-state index in [0.717, 1.165) is 19.0 Å². The third-order valence-electron chi connectivity index (χ3n) is 5.11. The van der Waals surface area contributed by atoms with E-state index >= 15 is 0 Å². The zero-order chi connectivity index (χ0) is 23.2. The number of hydrogen-bond donors (Lipinski definition) is 2. The maximum atomic E-state index is 14.1. The molecule has 2 N–H and O–H groups in total. The van der Waals surface area contributed by atoms with Crippen molar-refractivity contribution >= 4 is 22.4 Å². The van der Waals surface area contributed by atoms with E-state index in [4.69, 9.17) is 4.74 Å². The molecular weight excluding hydrogens is 439 g/mol. The number of nitrogens with zero attached hydrogens (tertiary/aromatic N) is 3. The van der Waals surface area contributed by atoms with E-state index in [1.165, 1.54) is 48.8 Å². The summed E-state index contributed by atoms with van der Waals surface area (Å²) in [7, 11) is 0. The Morgan fingerprint density at radius 1 is 1.18 bits per heavy atom. The van der Waals surface area contributed by atoms with Crippen LogP contribution >= 0.6 is 0 Å². The van der Waals surface area contributed by atoms with E-state index < -0.39 is 28.9 Å². The van der Waals surface area contributed by atoms with E-state index in [1.807, 2.05) is 0 Å². The Morgan fingerprint density at radius 3 is 2.76 bits per heavy atom. The molecule has 3 aromatic heterocycles. The molecule has 4 aromatic rings. The fourth-order valence-electron chi connectivity index (χ4n) is 3.47. The van der Waals surface area contributed by atoms with Crippen molar-refractivity contribution in [1.82, 2.24) is 19.7 Å². The number of aromatic amines is 1. The summed E-state index contributed by atoms with van der Waals surface area (Å²) in [5, 5.41) is 6.76. The first-order chi connectivity index (χ1) is 15.8. The van der Waals surface area contributed by atoms with E-state index in [1.54, 1.807) is 0 Å². The molecule has 33 heavy (non-hydrogen) atoms. The summed E-state index contributed by atoms with van der Waals surface area (Å²) in [5.41, 5.74) is -2.10. The molecule has 8 nitrogen and oxygen atoms in total. The van der Waals surface area contributed by atoms with Crippen molar-refractivity contribution in [1.29, 1.82) is 0 Å². The number of carbonyl (C=O) groups excluding carboxylic acids is 1. The maximum Gasteiger partial charge on any atom is 0.434 e. The van der Waals surface area contributed by atoms with Crippen LogP contribution in [0.2, 0.25) is 0 Å². The van der Waals surface area contributed by atoms with Crippen LogP contribution in [0.1, 0.15) is 28.9 Å². The Balaban J connectivity index is 1.54. The zero-order valence-corrected chi connectivity index (χ0v) is 16.9. The fourth-order valence-corrected chi connectivity index (χ4v) is 3.47. The van der Waals surface area contributed by atoms with Gasteiger partial charge >= 0.3 is 6.18 Å². The number of pyridine rings is 2. The van der Waals surface area contributed by atoms with Gasteiger partial charge in [0.05, 0.1) is 17.4 Å². The number of amides is 1. The molecule has 0 unspecified atom stereocenters. The smallest absolute Gasteiger partial charge is 0.434 e. The highest BCUT2D eigenvalue weighted by atomic mass is 19.4. The van der Waals surface area contributed by atoms with Crippen molar-refractivity contribution in [3.63, 3.8) is 0 Å². The Labute approximate surface area is 184 Å². The van der Waals surface area contributed by atoms with Crippen LogP contribution in [0.15, 0.2) is 59.8 Å².